The SMILES string of the molecule is CCN(CCC#N)c1cc(Cl)c(N)cc1C. The molecule has 0 atom stereocenters. The number of nitrogens with two attached hydrogens (primary N) is 1. The molecule has 0 bridgehead atoms. The second-order valence-electron chi connectivity index (χ2n) is 3.65. The first-order valence-electron chi connectivity index (χ1n) is 5.27. The lowest BCUT2D eigenvalue weighted by Gasteiger charge is -2.24. The van der Waals surface area contributed by atoms with Crippen molar-refractivity contribution in [2.24, 2.45) is 0 Å². The number of nitrogen functional groups attached to an aromatic ring is 1. The van der Waals surface area contributed by atoms with E-state index in [1.54, 1.807) is 0 Å². The molecule has 3 nitrogen and oxygen atoms in total. The summed E-state index contributed by atoms with van der Waals surface area (Å²) in [7, 11) is 0. The summed E-state index contributed by atoms with van der Waals surface area (Å²) in [5.41, 5.74) is 8.46. The van der Waals surface area contributed by atoms with Crippen molar-refractivity contribution in [1.82, 2.24) is 0 Å². The van der Waals surface area contributed by atoms with Gasteiger partial charge in [-0.3, -0.25) is 0 Å². The highest BCUT2D eigenvalue weighted by molar-refractivity contribution is 6.33. The Bertz CT molecular complexity index is 409. The van der Waals surface area contributed by atoms with Gasteiger partial charge in [0.1, 0.15) is 0 Å². The number of nitrogens with zero attached hydrogens (tertiary/aromatic N) is 2. The third-order valence-corrected chi connectivity index (χ3v) is 2.86. The maximum Gasteiger partial charge on any atom is 0.0656 e. The standard InChI is InChI=1S/C12H16ClN3/c1-3-16(6-4-5-14)12-8-10(13)11(15)7-9(12)2/h7-8H,3-4,6,15H2,1-2H3. The number of hydrogen-bond donors (Lipinski definition) is 1. The van der Waals surface area contributed by atoms with E-state index in [1.165, 1.54) is 0 Å². The Morgan fingerprint density at radius 3 is 2.75 bits per heavy atom. The van der Waals surface area contributed by atoms with Crippen LogP contribution in [0.1, 0.15) is 18.9 Å². The van der Waals surface area contributed by atoms with E-state index in [0.29, 0.717) is 23.7 Å². The molecule has 0 amide bonds. The molecule has 2 N–H and O–H groups in total. The van der Waals surface area contributed by atoms with Crippen LogP contribution >= 0.6 is 11.6 Å². The Kier molecular flexibility index (Phi) is 4.45. The molecule has 1 aromatic carbocycles. The lowest BCUT2D eigenvalue weighted by atomic mass is 10.1. The molecule has 0 aliphatic rings. The number of rotatable bonds is 4. The number of hydrogen-bond acceptors (Lipinski definition) is 3. The molecule has 0 aliphatic carbocycles. The molecular formula is C12H16ClN3. The zero-order chi connectivity index (χ0) is 12.1. The van der Waals surface area contributed by atoms with Gasteiger partial charge in [0.15, 0.2) is 0 Å². The Hall–Kier alpha value is -1.40. The van der Waals surface area contributed by atoms with Gasteiger partial charge in [-0.1, -0.05) is 11.6 Å². The molecule has 0 saturated carbocycles. The van der Waals surface area contributed by atoms with Crippen LogP contribution < -0.4 is 10.6 Å². The summed E-state index contributed by atoms with van der Waals surface area (Å²) in [6.45, 7) is 5.62. The largest absolute Gasteiger partial charge is 0.398 e. The van der Waals surface area contributed by atoms with E-state index in [2.05, 4.69) is 17.9 Å². The van der Waals surface area contributed by atoms with E-state index >= 15 is 0 Å². The lowest BCUT2D eigenvalue weighted by molar-refractivity contribution is 0.824. The van der Waals surface area contributed by atoms with Crippen molar-refractivity contribution >= 4 is 23.0 Å². The quantitative estimate of drug-likeness (QED) is 0.820. The molecule has 1 aromatic rings. The first-order chi connectivity index (χ1) is 7.60. The van der Waals surface area contributed by atoms with Crippen molar-refractivity contribution < 1.29 is 0 Å². The first kappa shape index (κ1) is 12.7. The molecule has 0 heterocycles. The van der Waals surface area contributed by atoms with Crippen molar-refractivity contribution in [2.75, 3.05) is 23.7 Å². The maximum absolute atomic E-state index is 8.60. The molecule has 0 radical (unpaired) electrons. The van der Waals surface area contributed by atoms with E-state index in [1.807, 2.05) is 19.1 Å². The average molecular weight is 238 g/mol. The predicted octanol–water partition coefficient (Wildman–Crippen LogP) is 2.97. The van der Waals surface area contributed by atoms with E-state index in [-0.39, 0.29) is 0 Å². The summed E-state index contributed by atoms with van der Waals surface area (Å²) in [5, 5.41) is 9.17. The van der Waals surface area contributed by atoms with E-state index in [9.17, 15) is 0 Å². The Morgan fingerprint density at radius 2 is 2.19 bits per heavy atom. The minimum Gasteiger partial charge on any atom is -0.398 e. The molecule has 0 aliphatic heterocycles. The number of nitriles is 1. The van der Waals surface area contributed by atoms with Gasteiger partial charge in [-0.25, -0.2) is 0 Å². The normalized spacial score (nSPS) is 9.88. The number of anilines is 2. The number of aryl methyl sites for hydroxylation is 1. The number of halogens is 1. The van der Waals surface area contributed by atoms with Crippen LogP contribution in [0.3, 0.4) is 0 Å². The fourth-order valence-electron chi connectivity index (χ4n) is 1.67. The van der Waals surface area contributed by atoms with Crippen LogP contribution in [-0.2, 0) is 0 Å². The van der Waals surface area contributed by atoms with Gasteiger partial charge in [-0.05, 0) is 31.5 Å². The maximum atomic E-state index is 8.60. The van der Waals surface area contributed by atoms with Crippen LogP contribution in [0.25, 0.3) is 0 Å². The summed E-state index contributed by atoms with van der Waals surface area (Å²) in [6, 6.07) is 5.88. The highest BCUT2D eigenvalue weighted by Gasteiger charge is 2.09. The van der Waals surface area contributed by atoms with Crippen LogP contribution in [-0.4, -0.2) is 13.1 Å². The van der Waals surface area contributed by atoms with E-state index in [0.717, 1.165) is 17.8 Å². The smallest absolute Gasteiger partial charge is 0.0656 e. The van der Waals surface area contributed by atoms with Crippen LogP contribution in [0.15, 0.2) is 12.1 Å². The fraction of sp³-hybridized carbons (Fsp3) is 0.417. The topological polar surface area (TPSA) is 53.0 Å². The number of benzene rings is 1. The van der Waals surface area contributed by atoms with Crippen LogP contribution in [0, 0.1) is 18.3 Å². The molecule has 86 valence electrons. The van der Waals surface area contributed by atoms with Gasteiger partial charge >= 0.3 is 0 Å². The lowest BCUT2D eigenvalue weighted by Crippen LogP contribution is -2.24. The first-order valence-corrected chi connectivity index (χ1v) is 5.65. The average Bonchev–Trinajstić information content (AvgIpc) is 2.26. The Balaban J connectivity index is 3.01. The van der Waals surface area contributed by atoms with Gasteiger partial charge in [0.05, 0.1) is 23.2 Å². The van der Waals surface area contributed by atoms with Gasteiger partial charge in [0, 0.05) is 18.8 Å². The van der Waals surface area contributed by atoms with Gasteiger partial charge in [-0.15, -0.1) is 0 Å². The van der Waals surface area contributed by atoms with Gasteiger partial charge < -0.3 is 10.6 Å². The summed E-state index contributed by atoms with van der Waals surface area (Å²) in [5.74, 6) is 0. The molecule has 0 fully saturated rings. The Morgan fingerprint density at radius 1 is 1.50 bits per heavy atom. The summed E-state index contributed by atoms with van der Waals surface area (Å²) < 4.78 is 0. The highest BCUT2D eigenvalue weighted by Crippen LogP contribution is 2.29. The van der Waals surface area contributed by atoms with Crippen molar-refractivity contribution in [3.63, 3.8) is 0 Å². The minimum absolute atomic E-state index is 0.509. The minimum atomic E-state index is 0.509. The fourth-order valence-corrected chi connectivity index (χ4v) is 1.83. The molecule has 0 unspecified atom stereocenters. The van der Waals surface area contributed by atoms with Crippen molar-refractivity contribution in [3.05, 3.63) is 22.7 Å². The summed E-state index contributed by atoms with van der Waals surface area (Å²) in [4.78, 5) is 2.13. The molecule has 4 heteroatoms. The second kappa shape index (κ2) is 5.62. The van der Waals surface area contributed by atoms with E-state index < -0.39 is 0 Å². The molecule has 0 saturated heterocycles. The molecule has 0 aromatic heterocycles. The van der Waals surface area contributed by atoms with Crippen LogP contribution in [0.4, 0.5) is 11.4 Å². The van der Waals surface area contributed by atoms with Crippen molar-refractivity contribution in [3.8, 4) is 6.07 Å². The van der Waals surface area contributed by atoms with Gasteiger partial charge in [-0.2, -0.15) is 5.26 Å². The van der Waals surface area contributed by atoms with Gasteiger partial charge in [0.2, 0.25) is 0 Å². The van der Waals surface area contributed by atoms with Crippen LogP contribution in [0.5, 0.6) is 0 Å². The second-order valence-corrected chi connectivity index (χ2v) is 4.06. The Labute approximate surface area is 101 Å². The highest BCUT2D eigenvalue weighted by atomic mass is 35.5. The monoisotopic (exact) mass is 237 g/mol. The van der Waals surface area contributed by atoms with Crippen LogP contribution in [0.2, 0.25) is 5.02 Å². The predicted molar refractivity (Wildman–Crippen MR) is 68.7 cm³/mol. The summed E-state index contributed by atoms with van der Waals surface area (Å²) in [6.07, 6.45) is 0.509. The zero-order valence-corrected chi connectivity index (χ0v) is 10.4. The zero-order valence-electron chi connectivity index (χ0n) is 9.63. The van der Waals surface area contributed by atoms with Crippen molar-refractivity contribution in [1.29, 1.82) is 5.26 Å². The molecule has 16 heavy (non-hydrogen) atoms. The molecule has 0 spiro atoms. The van der Waals surface area contributed by atoms with Gasteiger partial charge in [0.25, 0.3) is 0 Å². The third kappa shape index (κ3) is 2.80. The molecule has 1 rings (SSSR count). The van der Waals surface area contributed by atoms with E-state index in [4.69, 9.17) is 22.6 Å². The third-order valence-electron chi connectivity index (χ3n) is 2.53. The molecular weight excluding hydrogens is 222 g/mol. The van der Waals surface area contributed by atoms with Crippen molar-refractivity contribution in [2.45, 2.75) is 20.3 Å². The summed E-state index contributed by atoms with van der Waals surface area (Å²) >= 11 is 6.00.